The van der Waals surface area contributed by atoms with Gasteiger partial charge in [0.1, 0.15) is 0 Å². The van der Waals surface area contributed by atoms with E-state index in [9.17, 15) is 4.79 Å². The highest BCUT2D eigenvalue weighted by atomic mass is 16.4. The van der Waals surface area contributed by atoms with E-state index in [1.165, 1.54) is 0 Å². The molecule has 3 nitrogen and oxygen atoms in total. The lowest BCUT2D eigenvalue weighted by Crippen LogP contribution is -2.29. The van der Waals surface area contributed by atoms with E-state index in [0.717, 1.165) is 5.56 Å². The van der Waals surface area contributed by atoms with Gasteiger partial charge in [-0.1, -0.05) is 30.0 Å². The van der Waals surface area contributed by atoms with E-state index in [1.807, 2.05) is 30.3 Å². The lowest BCUT2D eigenvalue weighted by Gasteiger charge is -2.01. The third-order valence-electron chi connectivity index (χ3n) is 1.55. The Kier molecular flexibility index (Phi) is 3.57. The summed E-state index contributed by atoms with van der Waals surface area (Å²) in [5.74, 6) is 5.66. The summed E-state index contributed by atoms with van der Waals surface area (Å²) in [5.41, 5.74) is 0.881. The second kappa shape index (κ2) is 4.93. The van der Waals surface area contributed by atoms with Crippen molar-refractivity contribution in [2.75, 3.05) is 0 Å². The van der Waals surface area contributed by atoms with Gasteiger partial charge in [0.2, 0.25) is 0 Å². The Bertz CT molecular complexity index is 362. The lowest BCUT2D eigenvalue weighted by molar-refractivity contribution is 0.193. The molecule has 1 atom stereocenters. The molecule has 1 aromatic carbocycles. The topological polar surface area (TPSA) is 49.3 Å². The molecule has 1 amide bonds. The van der Waals surface area contributed by atoms with Crippen molar-refractivity contribution >= 4 is 6.09 Å². The molecule has 1 unspecified atom stereocenters. The summed E-state index contributed by atoms with van der Waals surface area (Å²) in [5, 5.41) is 10.7. The Morgan fingerprint density at radius 1 is 1.43 bits per heavy atom. The van der Waals surface area contributed by atoms with Gasteiger partial charge < -0.3 is 10.4 Å². The molecule has 0 aliphatic carbocycles. The SMILES string of the molecule is CC(C#Cc1ccccc1)NC(=O)O. The van der Waals surface area contributed by atoms with Crippen LogP contribution >= 0.6 is 0 Å². The molecule has 0 spiro atoms. The van der Waals surface area contributed by atoms with Crippen molar-refractivity contribution in [1.29, 1.82) is 0 Å². The number of hydrogen-bond donors (Lipinski definition) is 2. The number of amides is 1. The monoisotopic (exact) mass is 189 g/mol. The molecule has 2 N–H and O–H groups in total. The molecule has 1 aromatic rings. The number of benzene rings is 1. The molecular weight excluding hydrogens is 178 g/mol. The average Bonchev–Trinajstić information content (AvgIpc) is 2.15. The van der Waals surface area contributed by atoms with Gasteiger partial charge >= 0.3 is 6.09 Å². The van der Waals surface area contributed by atoms with Crippen LogP contribution in [0.15, 0.2) is 30.3 Å². The van der Waals surface area contributed by atoms with Crippen LogP contribution in [-0.4, -0.2) is 17.2 Å². The molecule has 0 heterocycles. The zero-order chi connectivity index (χ0) is 10.4. The number of carboxylic acid groups (broad SMARTS) is 1. The molecule has 0 aliphatic rings. The summed E-state index contributed by atoms with van der Waals surface area (Å²) < 4.78 is 0. The van der Waals surface area contributed by atoms with E-state index in [-0.39, 0.29) is 6.04 Å². The first-order valence-electron chi connectivity index (χ1n) is 4.24. The predicted octanol–water partition coefficient (Wildman–Crippen LogP) is 1.69. The summed E-state index contributed by atoms with van der Waals surface area (Å²) in [6, 6.07) is 9.08. The number of rotatable bonds is 1. The van der Waals surface area contributed by atoms with Crippen molar-refractivity contribution < 1.29 is 9.90 Å². The summed E-state index contributed by atoms with van der Waals surface area (Å²) in [6.45, 7) is 1.70. The van der Waals surface area contributed by atoms with Gasteiger partial charge in [-0.3, -0.25) is 0 Å². The number of carbonyl (C=O) groups is 1. The minimum absolute atomic E-state index is 0.354. The summed E-state index contributed by atoms with van der Waals surface area (Å²) in [4.78, 5) is 10.2. The second-order valence-corrected chi connectivity index (χ2v) is 2.81. The summed E-state index contributed by atoms with van der Waals surface area (Å²) in [6.07, 6.45) is -1.06. The highest BCUT2D eigenvalue weighted by molar-refractivity contribution is 5.65. The zero-order valence-corrected chi connectivity index (χ0v) is 7.82. The van der Waals surface area contributed by atoms with E-state index in [2.05, 4.69) is 17.2 Å². The first-order chi connectivity index (χ1) is 6.68. The fraction of sp³-hybridized carbons (Fsp3) is 0.182. The van der Waals surface area contributed by atoms with Crippen molar-refractivity contribution in [3.05, 3.63) is 35.9 Å². The third-order valence-corrected chi connectivity index (χ3v) is 1.55. The quantitative estimate of drug-likeness (QED) is 0.660. The minimum Gasteiger partial charge on any atom is -0.465 e. The molecule has 3 heteroatoms. The van der Waals surface area contributed by atoms with Crippen molar-refractivity contribution in [2.45, 2.75) is 13.0 Å². The standard InChI is InChI=1S/C11H11NO2/c1-9(12-11(13)14)7-8-10-5-3-2-4-6-10/h2-6,9,12H,1H3,(H,13,14). The van der Waals surface area contributed by atoms with Crippen LogP contribution in [0.4, 0.5) is 4.79 Å². The third kappa shape index (κ3) is 3.63. The molecule has 72 valence electrons. The Morgan fingerprint density at radius 2 is 2.07 bits per heavy atom. The lowest BCUT2D eigenvalue weighted by atomic mass is 10.2. The van der Waals surface area contributed by atoms with E-state index in [0.29, 0.717) is 0 Å². The largest absolute Gasteiger partial charge is 0.465 e. The molecule has 0 saturated carbocycles. The van der Waals surface area contributed by atoms with Gasteiger partial charge in [0.05, 0.1) is 6.04 Å². The Morgan fingerprint density at radius 3 is 2.64 bits per heavy atom. The normalized spacial score (nSPS) is 10.9. The molecule has 14 heavy (non-hydrogen) atoms. The van der Waals surface area contributed by atoms with Crippen molar-refractivity contribution in [2.24, 2.45) is 0 Å². The summed E-state index contributed by atoms with van der Waals surface area (Å²) in [7, 11) is 0. The second-order valence-electron chi connectivity index (χ2n) is 2.81. The van der Waals surface area contributed by atoms with E-state index < -0.39 is 6.09 Å². The fourth-order valence-electron chi connectivity index (χ4n) is 0.934. The van der Waals surface area contributed by atoms with Crippen LogP contribution in [0.3, 0.4) is 0 Å². The first-order valence-corrected chi connectivity index (χ1v) is 4.24. The smallest absolute Gasteiger partial charge is 0.405 e. The van der Waals surface area contributed by atoms with Crippen LogP contribution in [0.5, 0.6) is 0 Å². The highest BCUT2D eigenvalue weighted by Gasteiger charge is 1.98. The molecule has 0 radical (unpaired) electrons. The highest BCUT2D eigenvalue weighted by Crippen LogP contribution is 1.94. The van der Waals surface area contributed by atoms with E-state index in [4.69, 9.17) is 5.11 Å². The molecule has 0 saturated heterocycles. The van der Waals surface area contributed by atoms with Crippen LogP contribution in [0.2, 0.25) is 0 Å². The van der Waals surface area contributed by atoms with Gasteiger partial charge in [0, 0.05) is 5.56 Å². The predicted molar refractivity (Wildman–Crippen MR) is 53.9 cm³/mol. The van der Waals surface area contributed by atoms with Crippen molar-refractivity contribution in [3.8, 4) is 11.8 Å². The fourth-order valence-corrected chi connectivity index (χ4v) is 0.934. The molecule has 0 aliphatic heterocycles. The van der Waals surface area contributed by atoms with Crippen LogP contribution in [-0.2, 0) is 0 Å². The van der Waals surface area contributed by atoms with E-state index in [1.54, 1.807) is 6.92 Å². The zero-order valence-electron chi connectivity index (χ0n) is 7.82. The average molecular weight is 189 g/mol. The first kappa shape index (κ1) is 10.1. The number of hydrogen-bond acceptors (Lipinski definition) is 1. The van der Waals surface area contributed by atoms with Gasteiger partial charge in [0.25, 0.3) is 0 Å². The van der Waals surface area contributed by atoms with Crippen LogP contribution in [0.1, 0.15) is 12.5 Å². The Balaban J connectivity index is 2.60. The van der Waals surface area contributed by atoms with Gasteiger partial charge in [0.15, 0.2) is 0 Å². The Hall–Kier alpha value is -1.95. The van der Waals surface area contributed by atoms with Crippen LogP contribution in [0, 0.1) is 11.8 Å². The minimum atomic E-state index is -1.06. The van der Waals surface area contributed by atoms with Gasteiger partial charge in [-0.25, -0.2) is 4.79 Å². The molecule has 1 rings (SSSR count). The van der Waals surface area contributed by atoms with Gasteiger partial charge in [-0.2, -0.15) is 0 Å². The molecule has 0 bridgehead atoms. The molecule has 0 aromatic heterocycles. The maximum atomic E-state index is 10.2. The van der Waals surface area contributed by atoms with Gasteiger partial charge in [-0.15, -0.1) is 0 Å². The molecule has 0 fully saturated rings. The van der Waals surface area contributed by atoms with Crippen LogP contribution < -0.4 is 5.32 Å². The maximum absolute atomic E-state index is 10.2. The van der Waals surface area contributed by atoms with E-state index >= 15 is 0 Å². The number of nitrogens with one attached hydrogen (secondary N) is 1. The summed E-state index contributed by atoms with van der Waals surface area (Å²) >= 11 is 0. The Labute approximate surface area is 82.8 Å². The molecular formula is C11H11NO2. The maximum Gasteiger partial charge on any atom is 0.405 e. The van der Waals surface area contributed by atoms with Crippen LogP contribution in [0.25, 0.3) is 0 Å². The van der Waals surface area contributed by atoms with Crippen molar-refractivity contribution in [3.63, 3.8) is 0 Å². The van der Waals surface area contributed by atoms with Gasteiger partial charge in [-0.05, 0) is 19.1 Å². The van der Waals surface area contributed by atoms with Crippen molar-refractivity contribution in [1.82, 2.24) is 5.32 Å².